The summed E-state index contributed by atoms with van der Waals surface area (Å²) in [5, 5.41) is 0. The van der Waals surface area contributed by atoms with Crippen LogP contribution in [0.2, 0.25) is 0 Å². The molecule has 0 aromatic heterocycles. The molecule has 1 rings (SSSR count). The van der Waals surface area contributed by atoms with E-state index in [4.69, 9.17) is 0 Å². The van der Waals surface area contributed by atoms with Crippen LogP contribution in [0.25, 0.3) is 0 Å². The van der Waals surface area contributed by atoms with Crippen molar-refractivity contribution in [2.24, 2.45) is 5.92 Å². The average molecular weight is 183 g/mol. The number of hydrogen-bond acceptors (Lipinski definition) is 2. The number of likely N-dealkylation sites (tertiary alicyclic amines) is 1. The van der Waals surface area contributed by atoms with E-state index in [1.807, 2.05) is 4.90 Å². The molecule has 1 aliphatic heterocycles. The van der Waals surface area contributed by atoms with Gasteiger partial charge in [-0.15, -0.1) is 0 Å². The number of amides is 1. The van der Waals surface area contributed by atoms with Crippen molar-refractivity contribution in [1.29, 1.82) is 0 Å². The Balaban J connectivity index is 2.50. The fourth-order valence-electron chi connectivity index (χ4n) is 1.56. The first-order valence-electron chi connectivity index (χ1n) is 4.92. The third kappa shape index (κ3) is 2.54. The standard InChI is InChI=1S/C10H17NO2/c1-8(9(2)12)10(13)11-6-4-3-5-7-11/h8H,3-7H2,1-2H3/t8-/m0/s1. The lowest BCUT2D eigenvalue weighted by Gasteiger charge is -2.28. The number of hydrogen-bond donors (Lipinski definition) is 0. The molecule has 3 nitrogen and oxygen atoms in total. The minimum absolute atomic E-state index is 0.00667. The average Bonchev–Trinajstić information content (AvgIpc) is 2.17. The molecule has 0 N–H and O–H groups in total. The topological polar surface area (TPSA) is 37.4 Å². The zero-order valence-corrected chi connectivity index (χ0v) is 8.38. The minimum atomic E-state index is -0.446. The van der Waals surface area contributed by atoms with Crippen molar-refractivity contribution in [3.63, 3.8) is 0 Å². The molecule has 74 valence electrons. The lowest BCUT2D eigenvalue weighted by Crippen LogP contribution is -2.40. The molecule has 1 saturated heterocycles. The van der Waals surface area contributed by atoms with Gasteiger partial charge in [0.25, 0.3) is 0 Å². The molecule has 3 heteroatoms. The van der Waals surface area contributed by atoms with Gasteiger partial charge in [0.2, 0.25) is 5.91 Å². The Kier molecular flexibility index (Phi) is 3.46. The van der Waals surface area contributed by atoms with E-state index in [9.17, 15) is 9.59 Å². The highest BCUT2D eigenvalue weighted by molar-refractivity contribution is 5.99. The Morgan fingerprint density at radius 3 is 2.15 bits per heavy atom. The number of carbonyl (C=O) groups excluding carboxylic acids is 2. The Morgan fingerprint density at radius 1 is 1.15 bits per heavy atom. The molecule has 0 aliphatic carbocycles. The maximum absolute atomic E-state index is 11.6. The molecule has 0 aromatic carbocycles. The summed E-state index contributed by atoms with van der Waals surface area (Å²) in [5.74, 6) is -0.471. The molecule has 0 saturated carbocycles. The van der Waals surface area contributed by atoms with Crippen molar-refractivity contribution in [3.05, 3.63) is 0 Å². The monoisotopic (exact) mass is 183 g/mol. The van der Waals surface area contributed by atoms with E-state index < -0.39 is 5.92 Å². The molecule has 1 amide bonds. The lowest BCUT2D eigenvalue weighted by atomic mass is 10.0. The number of ketones is 1. The maximum atomic E-state index is 11.6. The van der Waals surface area contributed by atoms with Crippen LogP contribution in [0.3, 0.4) is 0 Å². The molecule has 0 unspecified atom stereocenters. The van der Waals surface area contributed by atoms with Crippen molar-refractivity contribution < 1.29 is 9.59 Å². The molecule has 0 aromatic rings. The first-order chi connectivity index (χ1) is 6.13. The van der Waals surface area contributed by atoms with Crippen LogP contribution >= 0.6 is 0 Å². The Morgan fingerprint density at radius 2 is 1.69 bits per heavy atom. The van der Waals surface area contributed by atoms with Gasteiger partial charge in [-0.3, -0.25) is 9.59 Å². The second kappa shape index (κ2) is 4.40. The maximum Gasteiger partial charge on any atom is 0.232 e. The summed E-state index contributed by atoms with van der Waals surface area (Å²) in [5.41, 5.74) is 0. The number of piperidine rings is 1. The molecule has 1 aliphatic rings. The summed E-state index contributed by atoms with van der Waals surface area (Å²) in [6, 6.07) is 0. The van der Waals surface area contributed by atoms with E-state index in [2.05, 4.69) is 0 Å². The summed E-state index contributed by atoms with van der Waals surface area (Å²) in [6.45, 7) is 4.83. The highest BCUT2D eigenvalue weighted by Gasteiger charge is 2.24. The molecule has 1 heterocycles. The van der Waals surface area contributed by atoms with Crippen molar-refractivity contribution >= 4 is 11.7 Å². The lowest BCUT2D eigenvalue weighted by molar-refractivity contribution is -0.140. The van der Waals surface area contributed by atoms with Crippen LogP contribution in [0.15, 0.2) is 0 Å². The van der Waals surface area contributed by atoms with Crippen molar-refractivity contribution in [1.82, 2.24) is 4.90 Å². The fourth-order valence-corrected chi connectivity index (χ4v) is 1.56. The predicted octanol–water partition coefficient (Wildman–Crippen LogP) is 1.22. The SMILES string of the molecule is CC(=O)[C@H](C)C(=O)N1CCCCC1. The summed E-state index contributed by atoms with van der Waals surface area (Å²) in [6.07, 6.45) is 3.37. The van der Waals surface area contributed by atoms with Crippen LogP contribution in [0.5, 0.6) is 0 Å². The fraction of sp³-hybridized carbons (Fsp3) is 0.800. The highest BCUT2D eigenvalue weighted by Crippen LogP contribution is 2.12. The van der Waals surface area contributed by atoms with E-state index in [0.29, 0.717) is 0 Å². The van der Waals surface area contributed by atoms with Crippen LogP contribution in [0, 0.1) is 5.92 Å². The quantitative estimate of drug-likeness (QED) is 0.604. The summed E-state index contributed by atoms with van der Waals surface area (Å²) >= 11 is 0. The molecular weight excluding hydrogens is 166 g/mol. The number of Topliss-reactive ketones (excluding diaryl/α,β-unsaturated/α-hetero) is 1. The first-order valence-corrected chi connectivity index (χ1v) is 4.92. The van der Waals surface area contributed by atoms with E-state index in [-0.39, 0.29) is 11.7 Å². The molecule has 0 radical (unpaired) electrons. The van der Waals surface area contributed by atoms with Gasteiger partial charge < -0.3 is 4.90 Å². The van der Waals surface area contributed by atoms with Crippen LogP contribution in [0.4, 0.5) is 0 Å². The predicted molar refractivity (Wildman–Crippen MR) is 50.3 cm³/mol. The van der Waals surface area contributed by atoms with Gasteiger partial charge in [-0.2, -0.15) is 0 Å². The Labute approximate surface area is 79.1 Å². The largest absolute Gasteiger partial charge is 0.342 e. The van der Waals surface area contributed by atoms with Gasteiger partial charge in [-0.1, -0.05) is 0 Å². The zero-order valence-electron chi connectivity index (χ0n) is 8.38. The third-order valence-electron chi connectivity index (χ3n) is 2.65. The van der Waals surface area contributed by atoms with Gasteiger partial charge >= 0.3 is 0 Å². The summed E-state index contributed by atoms with van der Waals surface area (Å²) in [7, 11) is 0. The normalized spacial score (nSPS) is 19.7. The number of carbonyl (C=O) groups is 2. The molecular formula is C10H17NO2. The van der Waals surface area contributed by atoms with Gasteiger partial charge in [0, 0.05) is 13.1 Å². The van der Waals surface area contributed by atoms with Crippen LogP contribution < -0.4 is 0 Å². The minimum Gasteiger partial charge on any atom is -0.342 e. The molecule has 1 fully saturated rings. The van der Waals surface area contributed by atoms with E-state index in [0.717, 1.165) is 25.9 Å². The second-order valence-electron chi connectivity index (χ2n) is 3.72. The van der Waals surface area contributed by atoms with Crippen molar-refractivity contribution in [2.75, 3.05) is 13.1 Å². The van der Waals surface area contributed by atoms with Crippen LogP contribution in [0.1, 0.15) is 33.1 Å². The number of rotatable bonds is 2. The molecule has 0 bridgehead atoms. The Hall–Kier alpha value is -0.860. The van der Waals surface area contributed by atoms with Gasteiger partial charge in [0.1, 0.15) is 5.78 Å². The van der Waals surface area contributed by atoms with Gasteiger partial charge in [-0.25, -0.2) is 0 Å². The molecule has 0 spiro atoms. The van der Waals surface area contributed by atoms with Crippen LogP contribution in [-0.4, -0.2) is 29.7 Å². The van der Waals surface area contributed by atoms with Gasteiger partial charge in [0.05, 0.1) is 5.92 Å². The highest BCUT2D eigenvalue weighted by atomic mass is 16.2. The van der Waals surface area contributed by atoms with Crippen molar-refractivity contribution in [3.8, 4) is 0 Å². The zero-order chi connectivity index (χ0) is 9.84. The summed E-state index contributed by atoms with van der Waals surface area (Å²) in [4.78, 5) is 24.4. The first kappa shape index (κ1) is 10.2. The number of nitrogens with zero attached hydrogens (tertiary/aromatic N) is 1. The van der Waals surface area contributed by atoms with E-state index >= 15 is 0 Å². The second-order valence-corrected chi connectivity index (χ2v) is 3.72. The van der Waals surface area contributed by atoms with Crippen molar-refractivity contribution in [2.45, 2.75) is 33.1 Å². The summed E-state index contributed by atoms with van der Waals surface area (Å²) < 4.78 is 0. The van der Waals surface area contributed by atoms with Gasteiger partial charge in [-0.05, 0) is 33.1 Å². The van der Waals surface area contributed by atoms with Crippen LogP contribution in [-0.2, 0) is 9.59 Å². The Bertz CT molecular complexity index is 207. The van der Waals surface area contributed by atoms with E-state index in [1.54, 1.807) is 6.92 Å². The van der Waals surface area contributed by atoms with E-state index in [1.165, 1.54) is 13.3 Å². The van der Waals surface area contributed by atoms with Gasteiger partial charge in [0.15, 0.2) is 0 Å². The smallest absolute Gasteiger partial charge is 0.232 e. The third-order valence-corrected chi connectivity index (χ3v) is 2.65. The molecule has 13 heavy (non-hydrogen) atoms. The molecule has 1 atom stereocenters.